The Morgan fingerprint density at radius 1 is 1.29 bits per heavy atom. The van der Waals surface area contributed by atoms with Gasteiger partial charge in [-0.3, -0.25) is 14.7 Å². The van der Waals surface area contributed by atoms with Crippen molar-refractivity contribution < 1.29 is 4.79 Å². The van der Waals surface area contributed by atoms with Crippen molar-refractivity contribution in [2.45, 2.75) is 12.5 Å². The zero-order valence-corrected chi connectivity index (χ0v) is 12.0. The van der Waals surface area contributed by atoms with Crippen LogP contribution in [-0.2, 0) is 4.79 Å². The second-order valence-electron chi connectivity index (χ2n) is 5.40. The zero-order valence-electron chi connectivity index (χ0n) is 12.0. The fraction of sp³-hybridized carbons (Fsp3) is 0.375. The second kappa shape index (κ2) is 6.20. The van der Waals surface area contributed by atoms with Gasteiger partial charge in [0, 0.05) is 31.2 Å². The van der Waals surface area contributed by atoms with Crippen molar-refractivity contribution in [2.75, 3.05) is 26.2 Å². The lowest BCUT2D eigenvalue weighted by molar-refractivity contribution is -0.123. The number of carbonyl (C=O) groups is 1. The highest BCUT2D eigenvalue weighted by Crippen LogP contribution is 2.24. The largest absolute Gasteiger partial charge is 0.368 e. The molecule has 0 bridgehead atoms. The molecule has 21 heavy (non-hydrogen) atoms. The zero-order chi connectivity index (χ0) is 14.7. The van der Waals surface area contributed by atoms with Gasteiger partial charge in [-0.05, 0) is 36.7 Å². The predicted molar refractivity (Wildman–Crippen MR) is 82.7 cm³/mol. The highest BCUT2D eigenvalue weighted by Gasteiger charge is 2.26. The van der Waals surface area contributed by atoms with Crippen molar-refractivity contribution in [2.24, 2.45) is 5.73 Å². The predicted octanol–water partition coefficient (Wildman–Crippen LogP) is 1.06. The molecule has 0 saturated carbocycles. The van der Waals surface area contributed by atoms with E-state index in [1.165, 1.54) is 0 Å². The fourth-order valence-electron chi connectivity index (χ4n) is 2.94. The van der Waals surface area contributed by atoms with Crippen LogP contribution in [0.3, 0.4) is 0 Å². The van der Waals surface area contributed by atoms with Gasteiger partial charge in [0.25, 0.3) is 0 Å². The maximum atomic E-state index is 12.0. The Bertz CT molecular complexity index is 635. The molecular formula is C16H20N4O. The Morgan fingerprint density at radius 2 is 2.19 bits per heavy atom. The molecule has 1 aromatic heterocycles. The van der Waals surface area contributed by atoms with E-state index in [9.17, 15) is 4.79 Å². The van der Waals surface area contributed by atoms with Gasteiger partial charge in [0.2, 0.25) is 5.91 Å². The summed E-state index contributed by atoms with van der Waals surface area (Å²) in [5, 5.41) is 4.38. The van der Waals surface area contributed by atoms with Gasteiger partial charge in [-0.2, -0.15) is 0 Å². The van der Waals surface area contributed by atoms with Gasteiger partial charge in [0.1, 0.15) is 6.04 Å². The van der Waals surface area contributed by atoms with Gasteiger partial charge in [-0.1, -0.05) is 12.1 Å². The van der Waals surface area contributed by atoms with Crippen molar-refractivity contribution in [3.8, 4) is 0 Å². The smallest absolute Gasteiger partial charge is 0.239 e. The summed E-state index contributed by atoms with van der Waals surface area (Å²) >= 11 is 0. The first-order chi connectivity index (χ1) is 10.3. The molecule has 5 heteroatoms. The van der Waals surface area contributed by atoms with Crippen LogP contribution in [0, 0.1) is 0 Å². The number of aromatic nitrogens is 1. The van der Waals surface area contributed by atoms with E-state index in [0.717, 1.165) is 49.1 Å². The molecule has 0 radical (unpaired) electrons. The third-order valence-corrected chi connectivity index (χ3v) is 3.95. The molecule has 5 nitrogen and oxygen atoms in total. The molecule has 3 N–H and O–H groups in total. The number of benzene rings is 1. The summed E-state index contributed by atoms with van der Waals surface area (Å²) in [7, 11) is 0. The van der Waals surface area contributed by atoms with Crippen molar-refractivity contribution in [3.63, 3.8) is 0 Å². The van der Waals surface area contributed by atoms with Crippen molar-refractivity contribution in [1.29, 1.82) is 0 Å². The van der Waals surface area contributed by atoms with Crippen LogP contribution in [0.25, 0.3) is 10.9 Å². The summed E-state index contributed by atoms with van der Waals surface area (Å²) in [6.45, 7) is 3.59. The average Bonchev–Trinajstić information content (AvgIpc) is 2.76. The maximum Gasteiger partial charge on any atom is 0.239 e. The molecule has 0 spiro atoms. The summed E-state index contributed by atoms with van der Waals surface area (Å²) in [4.78, 5) is 18.5. The highest BCUT2D eigenvalue weighted by molar-refractivity contribution is 5.85. The lowest BCUT2D eigenvalue weighted by Gasteiger charge is -2.28. The molecule has 1 aromatic carbocycles. The van der Waals surface area contributed by atoms with E-state index in [-0.39, 0.29) is 11.9 Å². The SMILES string of the molecule is NC(=O)C(c1ccc2ncccc2c1)N1CCCNCC1. The Hall–Kier alpha value is -1.98. The summed E-state index contributed by atoms with van der Waals surface area (Å²) < 4.78 is 0. The number of primary amides is 1. The molecule has 2 aromatic rings. The van der Waals surface area contributed by atoms with Gasteiger partial charge < -0.3 is 11.1 Å². The van der Waals surface area contributed by atoms with Gasteiger partial charge in [-0.15, -0.1) is 0 Å². The standard InChI is InChI=1S/C16H20N4O/c17-16(21)15(20-9-2-6-18-8-10-20)13-4-5-14-12(11-13)3-1-7-19-14/h1,3-5,7,11,15,18H,2,6,8-10H2,(H2,17,21). The van der Waals surface area contributed by atoms with Crippen LogP contribution in [0.5, 0.6) is 0 Å². The van der Waals surface area contributed by atoms with E-state index in [1.54, 1.807) is 6.20 Å². The minimum Gasteiger partial charge on any atom is -0.368 e. The van der Waals surface area contributed by atoms with E-state index in [1.807, 2.05) is 30.3 Å². The Balaban J connectivity index is 1.96. The number of nitrogens with two attached hydrogens (primary N) is 1. The number of amides is 1. The minimum absolute atomic E-state index is 0.292. The van der Waals surface area contributed by atoms with Crippen LogP contribution in [-0.4, -0.2) is 42.0 Å². The third-order valence-electron chi connectivity index (χ3n) is 3.95. The number of nitrogens with one attached hydrogen (secondary N) is 1. The van der Waals surface area contributed by atoms with E-state index in [4.69, 9.17) is 5.73 Å². The molecule has 110 valence electrons. The van der Waals surface area contributed by atoms with E-state index < -0.39 is 0 Å². The van der Waals surface area contributed by atoms with Crippen molar-refractivity contribution >= 4 is 16.8 Å². The van der Waals surface area contributed by atoms with Crippen LogP contribution >= 0.6 is 0 Å². The number of pyridine rings is 1. The molecule has 1 fully saturated rings. The number of hydrogen-bond donors (Lipinski definition) is 2. The number of carbonyl (C=O) groups excluding carboxylic acids is 1. The van der Waals surface area contributed by atoms with E-state index >= 15 is 0 Å². The maximum absolute atomic E-state index is 12.0. The number of rotatable bonds is 3. The van der Waals surface area contributed by atoms with Crippen LogP contribution < -0.4 is 11.1 Å². The number of hydrogen-bond acceptors (Lipinski definition) is 4. The van der Waals surface area contributed by atoms with Crippen molar-refractivity contribution in [3.05, 3.63) is 42.1 Å². The molecule has 1 amide bonds. The lowest BCUT2D eigenvalue weighted by Crippen LogP contribution is -2.39. The molecular weight excluding hydrogens is 264 g/mol. The first-order valence-electron chi connectivity index (χ1n) is 7.34. The molecule has 1 aliphatic rings. The summed E-state index contributed by atoms with van der Waals surface area (Å²) in [6, 6.07) is 9.49. The van der Waals surface area contributed by atoms with Crippen LogP contribution in [0.15, 0.2) is 36.5 Å². The molecule has 2 heterocycles. The molecule has 1 aliphatic heterocycles. The molecule has 3 rings (SSSR count). The van der Waals surface area contributed by atoms with Crippen LogP contribution in [0.4, 0.5) is 0 Å². The monoisotopic (exact) mass is 284 g/mol. The highest BCUT2D eigenvalue weighted by atomic mass is 16.1. The summed E-state index contributed by atoms with van der Waals surface area (Å²) in [6.07, 6.45) is 2.80. The van der Waals surface area contributed by atoms with Crippen LogP contribution in [0.2, 0.25) is 0 Å². The first-order valence-corrected chi connectivity index (χ1v) is 7.34. The Kier molecular flexibility index (Phi) is 4.13. The van der Waals surface area contributed by atoms with Gasteiger partial charge in [0.15, 0.2) is 0 Å². The van der Waals surface area contributed by atoms with Crippen molar-refractivity contribution in [1.82, 2.24) is 15.2 Å². The third kappa shape index (κ3) is 3.04. The van der Waals surface area contributed by atoms with Gasteiger partial charge in [-0.25, -0.2) is 0 Å². The molecule has 1 saturated heterocycles. The molecule has 1 atom stereocenters. The average molecular weight is 284 g/mol. The van der Waals surface area contributed by atoms with Gasteiger partial charge in [0.05, 0.1) is 5.52 Å². The summed E-state index contributed by atoms with van der Waals surface area (Å²) in [5.74, 6) is -0.292. The number of nitrogens with zero attached hydrogens (tertiary/aromatic N) is 2. The summed E-state index contributed by atoms with van der Waals surface area (Å²) in [5.41, 5.74) is 7.56. The molecule has 0 aliphatic carbocycles. The fourth-order valence-corrected chi connectivity index (χ4v) is 2.94. The topological polar surface area (TPSA) is 71.2 Å². The first kappa shape index (κ1) is 14.0. The lowest BCUT2D eigenvalue weighted by atomic mass is 10.0. The second-order valence-corrected chi connectivity index (χ2v) is 5.40. The van der Waals surface area contributed by atoms with Gasteiger partial charge >= 0.3 is 0 Å². The number of fused-ring (bicyclic) bond motifs is 1. The normalized spacial score (nSPS) is 18.3. The van der Waals surface area contributed by atoms with Crippen LogP contribution in [0.1, 0.15) is 18.0 Å². The quantitative estimate of drug-likeness (QED) is 0.884. The Labute approximate surface area is 124 Å². The van der Waals surface area contributed by atoms with E-state index in [2.05, 4.69) is 15.2 Å². The molecule has 1 unspecified atom stereocenters. The Morgan fingerprint density at radius 3 is 3.05 bits per heavy atom. The van der Waals surface area contributed by atoms with E-state index in [0.29, 0.717) is 0 Å². The minimum atomic E-state index is -0.366.